The molecule has 4 heterocycles. The first-order chi connectivity index (χ1) is 11.3. The Hall–Kier alpha value is -2.20. The topological polar surface area (TPSA) is 34.0 Å². The average Bonchev–Trinajstić information content (AvgIpc) is 2.98. The molecule has 1 saturated heterocycles. The van der Waals surface area contributed by atoms with Gasteiger partial charge in [0.1, 0.15) is 5.65 Å². The molecule has 0 aliphatic carbocycles. The van der Waals surface area contributed by atoms with Crippen LogP contribution in [0.3, 0.4) is 0 Å². The Balaban J connectivity index is 1.59. The summed E-state index contributed by atoms with van der Waals surface area (Å²) in [6.07, 6.45) is 9.97. The van der Waals surface area contributed by atoms with Crippen molar-refractivity contribution in [3.63, 3.8) is 0 Å². The molecule has 1 aliphatic rings. The minimum atomic E-state index is 1.00. The molecule has 3 aromatic heterocycles. The maximum Gasteiger partial charge on any atom is 0.140 e. The summed E-state index contributed by atoms with van der Waals surface area (Å²) < 4.78 is 2.05. The molecule has 4 rings (SSSR count). The van der Waals surface area contributed by atoms with Crippen LogP contribution in [0.25, 0.3) is 22.3 Å². The number of rotatable bonds is 3. The van der Waals surface area contributed by atoms with Gasteiger partial charge in [-0.05, 0) is 49.7 Å². The number of hydrogen-bond acceptors (Lipinski definition) is 3. The first-order valence-electron chi connectivity index (χ1n) is 8.39. The monoisotopic (exact) mass is 306 g/mol. The highest BCUT2D eigenvalue weighted by Crippen LogP contribution is 2.26. The van der Waals surface area contributed by atoms with E-state index in [1.54, 1.807) is 0 Å². The second kappa shape index (κ2) is 6.13. The standard InChI is InChI=1S/C19H22N4/c1-22-12-8-17-16(7-9-20-19(17)22)18-6-5-15(13-21-18)14-23-10-3-2-4-11-23/h5-9,12-13H,2-4,10-11,14H2,1H3. The zero-order chi connectivity index (χ0) is 15.6. The lowest BCUT2D eigenvalue weighted by Crippen LogP contribution is -2.29. The number of aromatic nitrogens is 3. The predicted octanol–water partition coefficient (Wildman–Crippen LogP) is 3.62. The van der Waals surface area contributed by atoms with Crippen LogP contribution in [0.15, 0.2) is 42.9 Å². The minimum absolute atomic E-state index is 1.00. The van der Waals surface area contributed by atoms with Crippen molar-refractivity contribution in [1.82, 2.24) is 19.4 Å². The van der Waals surface area contributed by atoms with E-state index in [4.69, 9.17) is 4.98 Å². The summed E-state index contributed by atoms with van der Waals surface area (Å²) in [7, 11) is 2.02. The molecule has 0 atom stereocenters. The van der Waals surface area contributed by atoms with Crippen LogP contribution in [-0.2, 0) is 13.6 Å². The summed E-state index contributed by atoms with van der Waals surface area (Å²) in [4.78, 5) is 11.7. The Morgan fingerprint density at radius 1 is 1.00 bits per heavy atom. The van der Waals surface area contributed by atoms with Gasteiger partial charge in [0.2, 0.25) is 0 Å². The van der Waals surface area contributed by atoms with Gasteiger partial charge in [-0.2, -0.15) is 0 Å². The van der Waals surface area contributed by atoms with Gasteiger partial charge < -0.3 is 4.57 Å². The van der Waals surface area contributed by atoms with Gasteiger partial charge in [0.05, 0.1) is 5.69 Å². The van der Waals surface area contributed by atoms with Gasteiger partial charge in [0.25, 0.3) is 0 Å². The number of likely N-dealkylation sites (tertiary alicyclic amines) is 1. The smallest absolute Gasteiger partial charge is 0.140 e. The van der Waals surface area contributed by atoms with Crippen molar-refractivity contribution in [2.24, 2.45) is 7.05 Å². The van der Waals surface area contributed by atoms with Gasteiger partial charge in [-0.15, -0.1) is 0 Å². The maximum absolute atomic E-state index is 4.71. The lowest BCUT2D eigenvalue weighted by Gasteiger charge is -2.26. The highest BCUT2D eigenvalue weighted by atomic mass is 15.1. The van der Waals surface area contributed by atoms with E-state index in [1.165, 1.54) is 37.9 Å². The highest BCUT2D eigenvalue weighted by Gasteiger charge is 2.12. The van der Waals surface area contributed by atoms with Crippen molar-refractivity contribution < 1.29 is 0 Å². The summed E-state index contributed by atoms with van der Waals surface area (Å²) in [5.41, 5.74) is 4.47. The molecule has 118 valence electrons. The molecule has 0 bridgehead atoms. The summed E-state index contributed by atoms with van der Waals surface area (Å²) in [5, 5.41) is 1.16. The molecule has 0 amide bonds. The van der Waals surface area contributed by atoms with Crippen molar-refractivity contribution in [3.8, 4) is 11.3 Å². The number of pyridine rings is 2. The minimum Gasteiger partial charge on any atom is -0.336 e. The third kappa shape index (κ3) is 2.86. The van der Waals surface area contributed by atoms with Crippen LogP contribution in [0.5, 0.6) is 0 Å². The van der Waals surface area contributed by atoms with Crippen molar-refractivity contribution in [2.45, 2.75) is 25.8 Å². The first-order valence-corrected chi connectivity index (χ1v) is 8.39. The zero-order valence-corrected chi connectivity index (χ0v) is 13.6. The van der Waals surface area contributed by atoms with Crippen molar-refractivity contribution in [3.05, 3.63) is 48.4 Å². The molecule has 0 unspecified atom stereocenters. The Morgan fingerprint density at radius 3 is 2.65 bits per heavy atom. The summed E-state index contributed by atoms with van der Waals surface area (Å²) >= 11 is 0. The van der Waals surface area contributed by atoms with E-state index in [1.807, 2.05) is 30.2 Å². The average molecular weight is 306 g/mol. The van der Waals surface area contributed by atoms with E-state index >= 15 is 0 Å². The Bertz CT molecular complexity index is 798. The fraction of sp³-hybridized carbons (Fsp3) is 0.368. The third-order valence-electron chi connectivity index (χ3n) is 4.72. The molecule has 23 heavy (non-hydrogen) atoms. The summed E-state index contributed by atoms with van der Waals surface area (Å²) in [6, 6.07) is 8.52. The molecule has 0 spiro atoms. The fourth-order valence-corrected chi connectivity index (χ4v) is 3.44. The molecular weight excluding hydrogens is 284 g/mol. The van der Waals surface area contributed by atoms with Crippen molar-refractivity contribution in [2.75, 3.05) is 13.1 Å². The Labute approximate surface area is 136 Å². The van der Waals surface area contributed by atoms with E-state index in [0.717, 1.165) is 28.8 Å². The fourth-order valence-electron chi connectivity index (χ4n) is 3.44. The molecule has 1 aliphatic heterocycles. The first kappa shape index (κ1) is 14.4. The van der Waals surface area contributed by atoms with Gasteiger partial charge in [0.15, 0.2) is 0 Å². The summed E-state index contributed by atoms with van der Waals surface area (Å²) in [5.74, 6) is 0. The number of hydrogen-bond donors (Lipinski definition) is 0. The van der Waals surface area contributed by atoms with E-state index in [9.17, 15) is 0 Å². The molecule has 3 aromatic rings. The van der Waals surface area contributed by atoms with E-state index < -0.39 is 0 Å². The van der Waals surface area contributed by atoms with E-state index in [2.05, 4.69) is 34.1 Å². The van der Waals surface area contributed by atoms with Crippen LogP contribution in [0.2, 0.25) is 0 Å². The lowest BCUT2D eigenvalue weighted by atomic mass is 10.1. The molecule has 4 nitrogen and oxygen atoms in total. The second-order valence-corrected chi connectivity index (χ2v) is 6.41. The molecule has 0 radical (unpaired) electrons. The number of nitrogens with zero attached hydrogens (tertiary/aromatic N) is 4. The van der Waals surface area contributed by atoms with Gasteiger partial charge in [0, 0.05) is 43.1 Å². The lowest BCUT2D eigenvalue weighted by molar-refractivity contribution is 0.220. The van der Waals surface area contributed by atoms with Crippen LogP contribution < -0.4 is 0 Å². The SMILES string of the molecule is Cn1ccc2c(-c3ccc(CN4CCCCC4)cn3)ccnc21. The van der Waals surface area contributed by atoms with Gasteiger partial charge in [-0.25, -0.2) is 4.98 Å². The van der Waals surface area contributed by atoms with Crippen LogP contribution >= 0.6 is 0 Å². The number of aryl methyl sites for hydroxylation is 1. The summed E-state index contributed by atoms with van der Waals surface area (Å²) in [6.45, 7) is 3.46. The van der Waals surface area contributed by atoms with Crippen LogP contribution in [0.4, 0.5) is 0 Å². The molecule has 4 heteroatoms. The highest BCUT2D eigenvalue weighted by molar-refractivity contribution is 5.92. The van der Waals surface area contributed by atoms with Gasteiger partial charge in [-0.1, -0.05) is 12.5 Å². The largest absolute Gasteiger partial charge is 0.336 e. The van der Waals surface area contributed by atoms with Crippen molar-refractivity contribution >= 4 is 11.0 Å². The maximum atomic E-state index is 4.71. The Morgan fingerprint density at radius 2 is 1.87 bits per heavy atom. The van der Waals surface area contributed by atoms with Crippen LogP contribution in [0.1, 0.15) is 24.8 Å². The molecular formula is C19H22N4. The van der Waals surface area contributed by atoms with Gasteiger partial charge in [-0.3, -0.25) is 9.88 Å². The van der Waals surface area contributed by atoms with Crippen LogP contribution in [-0.4, -0.2) is 32.5 Å². The quantitative estimate of drug-likeness (QED) is 0.741. The van der Waals surface area contributed by atoms with Crippen molar-refractivity contribution in [1.29, 1.82) is 0 Å². The molecule has 0 aromatic carbocycles. The van der Waals surface area contributed by atoms with E-state index in [-0.39, 0.29) is 0 Å². The third-order valence-corrected chi connectivity index (χ3v) is 4.72. The predicted molar refractivity (Wildman–Crippen MR) is 93.1 cm³/mol. The molecule has 0 N–H and O–H groups in total. The molecule has 0 saturated carbocycles. The second-order valence-electron chi connectivity index (χ2n) is 6.41. The zero-order valence-electron chi connectivity index (χ0n) is 13.6. The van der Waals surface area contributed by atoms with Crippen LogP contribution in [0, 0.1) is 0 Å². The van der Waals surface area contributed by atoms with E-state index in [0.29, 0.717) is 0 Å². The normalized spacial score (nSPS) is 16.0. The number of piperidine rings is 1. The Kier molecular flexibility index (Phi) is 3.83. The molecule has 1 fully saturated rings. The number of fused-ring (bicyclic) bond motifs is 1. The van der Waals surface area contributed by atoms with Gasteiger partial charge >= 0.3 is 0 Å².